The first-order valence-corrected chi connectivity index (χ1v) is 6.69. The number of likely N-dealkylation sites (N-methyl/N-ethyl adjacent to an activating group) is 1. The highest BCUT2D eigenvalue weighted by atomic mass is 19.2. The van der Waals surface area contributed by atoms with Crippen LogP contribution in [-0.2, 0) is 6.42 Å². The van der Waals surface area contributed by atoms with Gasteiger partial charge in [-0.2, -0.15) is 0 Å². The van der Waals surface area contributed by atoms with Gasteiger partial charge in [-0.3, -0.25) is 0 Å². The number of hydrogen-bond donors (Lipinski definition) is 1. The fraction of sp³-hybridized carbons (Fsp3) is 0.294. The Balaban J connectivity index is 2.26. The molecule has 0 heterocycles. The van der Waals surface area contributed by atoms with Crippen molar-refractivity contribution in [2.24, 2.45) is 0 Å². The third-order valence-electron chi connectivity index (χ3n) is 3.42. The monoisotopic (exact) mass is 275 g/mol. The molecule has 2 rings (SSSR count). The van der Waals surface area contributed by atoms with Crippen LogP contribution in [0.5, 0.6) is 0 Å². The molecule has 2 aromatic carbocycles. The molecule has 0 aliphatic rings. The lowest BCUT2D eigenvalue weighted by Crippen LogP contribution is -2.19. The van der Waals surface area contributed by atoms with E-state index in [9.17, 15) is 8.78 Å². The zero-order valence-corrected chi connectivity index (χ0v) is 12.0. The maximum atomic E-state index is 13.3. The van der Waals surface area contributed by atoms with Gasteiger partial charge in [0.25, 0.3) is 0 Å². The molecule has 0 aromatic heterocycles. The molecule has 0 aliphatic heterocycles. The van der Waals surface area contributed by atoms with Crippen molar-refractivity contribution in [3.8, 4) is 0 Å². The van der Waals surface area contributed by atoms with Gasteiger partial charge in [-0.05, 0) is 50.6 Å². The molecule has 0 saturated carbocycles. The number of nitrogens with one attached hydrogen (secondary N) is 1. The molecule has 1 unspecified atom stereocenters. The normalized spacial score (nSPS) is 12.4. The first-order valence-electron chi connectivity index (χ1n) is 6.69. The van der Waals surface area contributed by atoms with Gasteiger partial charge in [0.2, 0.25) is 0 Å². The van der Waals surface area contributed by atoms with Crippen LogP contribution in [0.2, 0.25) is 0 Å². The van der Waals surface area contributed by atoms with E-state index >= 15 is 0 Å². The second-order valence-corrected chi connectivity index (χ2v) is 5.21. The number of aryl methyl sites for hydroxylation is 2. The van der Waals surface area contributed by atoms with Crippen molar-refractivity contribution in [3.05, 3.63) is 70.3 Å². The largest absolute Gasteiger partial charge is 0.313 e. The summed E-state index contributed by atoms with van der Waals surface area (Å²) in [5.41, 5.74) is 4.36. The highest BCUT2D eigenvalue weighted by Crippen LogP contribution is 2.21. The third-order valence-corrected chi connectivity index (χ3v) is 3.42. The zero-order valence-electron chi connectivity index (χ0n) is 12.0. The number of rotatable bonds is 4. The van der Waals surface area contributed by atoms with E-state index in [4.69, 9.17) is 0 Å². The van der Waals surface area contributed by atoms with Crippen molar-refractivity contribution < 1.29 is 8.78 Å². The van der Waals surface area contributed by atoms with Gasteiger partial charge < -0.3 is 5.32 Å². The van der Waals surface area contributed by atoms with Gasteiger partial charge in [0.15, 0.2) is 11.6 Å². The van der Waals surface area contributed by atoms with Gasteiger partial charge in [-0.15, -0.1) is 0 Å². The lowest BCUT2D eigenvalue weighted by atomic mass is 9.96. The van der Waals surface area contributed by atoms with E-state index in [0.29, 0.717) is 0 Å². The molecule has 0 aliphatic carbocycles. The summed E-state index contributed by atoms with van der Waals surface area (Å²) >= 11 is 0. The summed E-state index contributed by atoms with van der Waals surface area (Å²) in [5, 5.41) is 3.16. The van der Waals surface area contributed by atoms with Gasteiger partial charge >= 0.3 is 0 Å². The van der Waals surface area contributed by atoms with E-state index in [1.54, 1.807) is 6.07 Å². The molecule has 20 heavy (non-hydrogen) atoms. The summed E-state index contributed by atoms with van der Waals surface area (Å²) in [5.74, 6) is -1.61. The van der Waals surface area contributed by atoms with Crippen molar-refractivity contribution >= 4 is 0 Å². The second kappa shape index (κ2) is 6.14. The standard InChI is InChI=1S/C17H19F2N/c1-11-6-12(2)8-13(7-11)9-17(20-3)14-4-5-15(18)16(19)10-14/h4-8,10,17,20H,9H2,1-3H3. The van der Waals surface area contributed by atoms with Crippen LogP contribution >= 0.6 is 0 Å². The average molecular weight is 275 g/mol. The molecule has 1 atom stereocenters. The van der Waals surface area contributed by atoms with Crippen molar-refractivity contribution in [2.75, 3.05) is 7.05 Å². The Morgan fingerprint density at radius 2 is 1.60 bits per heavy atom. The minimum absolute atomic E-state index is 0.0358. The molecule has 1 N–H and O–H groups in total. The summed E-state index contributed by atoms with van der Waals surface area (Å²) in [6.45, 7) is 4.12. The first kappa shape index (κ1) is 14.7. The Bertz CT molecular complexity index is 588. The molecule has 2 aromatic rings. The van der Waals surface area contributed by atoms with E-state index in [0.717, 1.165) is 12.0 Å². The molecule has 0 spiro atoms. The summed E-state index contributed by atoms with van der Waals surface area (Å²) in [6, 6.07) is 10.4. The van der Waals surface area contributed by atoms with Gasteiger partial charge in [0, 0.05) is 6.04 Å². The van der Waals surface area contributed by atoms with Crippen LogP contribution in [0.15, 0.2) is 36.4 Å². The number of benzene rings is 2. The molecule has 0 bridgehead atoms. The lowest BCUT2D eigenvalue weighted by molar-refractivity contribution is 0.501. The van der Waals surface area contributed by atoms with Gasteiger partial charge in [0.05, 0.1) is 0 Å². The third kappa shape index (κ3) is 3.42. The molecule has 0 saturated heterocycles. The Kier molecular flexibility index (Phi) is 4.50. The second-order valence-electron chi connectivity index (χ2n) is 5.21. The topological polar surface area (TPSA) is 12.0 Å². The maximum absolute atomic E-state index is 13.3. The molecular weight excluding hydrogens is 256 g/mol. The van der Waals surface area contributed by atoms with E-state index in [1.807, 2.05) is 7.05 Å². The predicted molar refractivity (Wildman–Crippen MR) is 77.8 cm³/mol. The highest BCUT2D eigenvalue weighted by molar-refractivity contribution is 5.31. The van der Waals surface area contributed by atoms with Crippen LogP contribution in [0, 0.1) is 25.5 Å². The van der Waals surface area contributed by atoms with E-state index in [1.165, 1.54) is 28.8 Å². The van der Waals surface area contributed by atoms with Crippen molar-refractivity contribution in [1.82, 2.24) is 5.32 Å². The Morgan fingerprint density at radius 3 is 2.15 bits per heavy atom. The molecule has 3 heteroatoms. The number of hydrogen-bond acceptors (Lipinski definition) is 1. The molecule has 0 amide bonds. The minimum atomic E-state index is -0.810. The average Bonchev–Trinajstić information content (AvgIpc) is 2.38. The van der Waals surface area contributed by atoms with Crippen LogP contribution in [0.4, 0.5) is 8.78 Å². The van der Waals surface area contributed by atoms with Crippen LogP contribution in [0.25, 0.3) is 0 Å². The van der Waals surface area contributed by atoms with Crippen molar-refractivity contribution in [2.45, 2.75) is 26.3 Å². The van der Waals surface area contributed by atoms with E-state index in [-0.39, 0.29) is 6.04 Å². The van der Waals surface area contributed by atoms with Crippen LogP contribution < -0.4 is 5.32 Å². The van der Waals surface area contributed by atoms with Crippen molar-refractivity contribution in [3.63, 3.8) is 0 Å². The molecule has 0 radical (unpaired) electrons. The maximum Gasteiger partial charge on any atom is 0.159 e. The summed E-state index contributed by atoms with van der Waals surface area (Å²) < 4.78 is 26.3. The fourth-order valence-corrected chi connectivity index (χ4v) is 2.54. The first-order chi connectivity index (χ1) is 9.49. The van der Waals surface area contributed by atoms with Crippen LogP contribution in [0.3, 0.4) is 0 Å². The van der Waals surface area contributed by atoms with Gasteiger partial charge in [0.1, 0.15) is 0 Å². The quantitative estimate of drug-likeness (QED) is 0.886. The summed E-state index contributed by atoms with van der Waals surface area (Å²) in [7, 11) is 1.83. The van der Waals surface area contributed by atoms with Crippen LogP contribution in [-0.4, -0.2) is 7.05 Å². The lowest BCUT2D eigenvalue weighted by Gasteiger charge is -2.18. The van der Waals surface area contributed by atoms with Gasteiger partial charge in [-0.25, -0.2) is 8.78 Å². The minimum Gasteiger partial charge on any atom is -0.313 e. The van der Waals surface area contributed by atoms with E-state index < -0.39 is 11.6 Å². The van der Waals surface area contributed by atoms with Gasteiger partial charge in [-0.1, -0.05) is 35.4 Å². The number of halogens is 2. The smallest absolute Gasteiger partial charge is 0.159 e. The molecule has 1 nitrogen and oxygen atoms in total. The van der Waals surface area contributed by atoms with E-state index in [2.05, 4.69) is 37.4 Å². The Morgan fingerprint density at radius 1 is 0.950 bits per heavy atom. The Hall–Kier alpha value is -1.74. The molecule has 0 fully saturated rings. The molecular formula is C17H19F2N. The fourth-order valence-electron chi connectivity index (χ4n) is 2.54. The van der Waals surface area contributed by atoms with Crippen molar-refractivity contribution in [1.29, 1.82) is 0 Å². The molecule has 106 valence electrons. The summed E-state index contributed by atoms with van der Waals surface area (Å²) in [6.07, 6.45) is 0.740. The summed E-state index contributed by atoms with van der Waals surface area (Å²) in [4.78, 5) is 0. The Labute approximate surface area is 118 Å². The van der Waals surface area contributed by atoms with Crippen LogP contribution in [0.1, 0.15) is 28.3 Å². The highest BCUT2D eigenvalue weighted by Gasteiger charge is 2.13. The zero-order chi connectivity index (χ0) is 14.7. The predicted octanol–water partition coefficient (Wildman–Crippen LogP) is 4.08. The SMILES string of the molecule is CNC(Cc1cc(C)cc(C)c1)c1ccc(F)c(F)c1.